The van der Waals surface area contributed by atoms with E-state index in [0.29, 0.717) is 5.16 Å². The van der Waals surface area contributed by atoms with E-state index >= 15 is 0 Å². The smallest absolute Gasteiger partial charge is 0.339 e. The number of aromatic nitrogens is 3. The molecule has 1 fully saturated rings. The van der Waals surface area contributed by atoms with E-state index in [1.54, 1.807) is 7.05 Å². The Morgan fingerprint density at radius 2 is 2.05 bits per heavy atom. The van der Waals surface area contributed by atoms with Crippen molar-refractivity contribution in [1.82, 2.24) is 24.6 Å². The number of hydrogen-bond acceptors (Lipinski definition) is 5. The van der Waals surface area contributed by atoms with Crippen LogP contribution in [0.5, 0.6) is 0 Å². The summed E-state index contributed by atoms with van der Waals surface area (Å²) >= 11 is 1.32. The lowest BCUT2D eigenvalue weighted by Crippen LogP contribution is -2.50. The number of aromatic amines is 1. The van der Waals surface area contributed by atoms with Gasteiger partial charge in [0.05, 0.1) is 5.25 Å². The molecule has 0 radical (unpaired) electrons. The molecule has 0 unspecified atom stereocenters. The van der Waals surface area contributed by atoms with Crippen molar-refractivity contribution < 1.29 is 4.79 Å². The summed E-state index contributed by atoms with van der Waals surface area (Å²) in [5.74, 6) is 0.112. The van der Waals surface area contributed by atoms with Gasteiger partial charge in [0.2, 0.25) is 5.91 Å². The Labute approximate surface area is 122 Å². The van der Waals surface area contributed by atoms with E-state index in [0.717, 1.165) is 32.7 Å². The summed E-state index contributed by atoms with van der Waals surface area (Å²) in [6.07, 6.45) is 0. The Hall–Kier alpha value is -1.28. The van der Waals surface area contributed by atoms with E-state index in [2.05, 4.69) is 22.0 Å². The molecule has 8 heteroatoms. The van der Waals surface area contributed by atoms with Crippen molar-refractivity contribution >= 4 is 17.7 Å². The first kappa shape index (κ1) is 15.1. The number of likely N-dealkylation sites (N-methyl/N-ethyl adjacent to an activating group) is 1. The van der Waals surface area contributed by atoms with Gasteiger partial charge < -0.3 is 9.80 Å². The minimum atomic E-state index is -0.260. The van der Waals surface area contributed by atoms with Gasteiger partial charge in [0.25, 0.3) is 0 Å². The van der Waals surface area contributed by atoms with Gasteiger partial charge in [-0.05, 0) is 13.5 Å². The maximum atomic E-state index is 12.4. The number of nitrogens with zero attached hydrogens (tertiary/aromatic N) is 4. The average Bonchev–Trinajstić information content (AvgIpc) is 2.78. The van der Waals surface area contributed by atoms with Crippen LogP contribution in [0.2, 0.25) is 0 Å². The summed E-state index contributed by atoms with van der Waals surface area (Å²) < 4.78 is 1.42. The van der Waals surface area contributed by atoms with E-state index in [1.165, 1.54) is 16.3 Å². The molecular weight excluding hydrogens is 278 g/mol. The summed E-state index contributed by atoms with van der Waals surface area (Å²) in [5, 5.41) is 6.60. The molecule has 1 aliphatic rings. The quantitative estimate of drug-likeness (QED) is 0.776. The van der Waals surface area contributed by atoms with Crippen molar-refractivity contribution in [1.29, 1.82) is 0 Å². The number of carbonyl (C=O) groups is 1. The topological polar surface area (TPSA) is 74.2 Å². The van der Waals surface area contributed by atoms with Crippen LogP contribution in [0, 0.1) is 0 Å². The first-order valence-corrected chi connectivity index (χ1v) is 7.70. The third-order valence-corrected chi connectivity index (χ3v) is 4.73. The molecule has 0 aromatic carbocycles. The fourth-order valence-corrected chi connectivity index (χ4v) is 3.09. The van der Waals surface area contributed by atoms with Crippen LogP contribution in [0.25, 0.3) is 0 Å². The third-order valence-electron chi connectivity index (χ3n) is 3.60. The lowest BCUT2D eigenvalue weighted by atomic mass is 10.3. The van der Waals surface area contributed by atoms with Gasteiger partial charge in [-0.15, -0.1) is 5.10 Å². The molecule has 0 aliphatic carbocycles. The molecule has 112 valence electrons. The number of hydrogen-bond donors (Lipinski definition) is 1. The molecule has 0 bridgehead atoms. The Morgan fingerprint density at radius 1 is 1.40 bits per heavy atom. The minimum absolute atomic E-state index is 0.112. The highest BCUT2D eigenvalue weighted by Gasteiger charge is 2.26. The van der Waals surface area contributed by atoms with Crippen LogP contribution < -0.4 is 5.69 Å². The summed E-state index contributed by atoms with van der Waals surface area (Å²) in [6.45, 7) is 8.43. The lowest BCUT2D eigenvalue weighted by molar-refractivity contribution is -0.132. The van der Waals surface area contributed by atoms with Crippen molar-refractivity contribution in [3.8, 4) is 0 Å². The number of piperazine rings is 1. The second kappa shape index (κ2) is 6.45. The SMILES string of the molecule is CCN1CCN(C(=O)[C@H](C)Sc2n[nH]c(=O)n2C)CC1. The van der Waals surface area contributed by atoms with Crippen molar-refractivity contribution in [2.75, 3.05) is 32.7 Å². The number of rotatable bonds is 4. The summed E-state index contributed by atoms with van der Waals surface area (Å²) in [5.41, 5.74) is -0.260. The Kier molecular flexibility index (Phi) is 4.87. The van der Waals surface area contributed by atoms with Crippen molar-refractivity contribution in [2.45, 2.75) is 24.3 Å². The van der Waals surface area contributed by atoms with Gasteiger partial charge in [0.15, 0.2) is 5.16 Å². The van der Waals surface area contributed by atoms with Crippen molar-refractivity contribution in [2.24, 2.45) is 7.05 Å². The Bertz CT molecular complexity index is 518. The largest absolute Gasteiger partial charge is 0.343 e. The van der Waals surface area contributed by atoms with Crippen LogP contribution in [0.15, 0.2) is 9.95 Å². The van der Waals surface area contributed by atoms with Gasteiger partial charge in [-0.2, -0.15) is 0 Å². The highest BCUT2D eigenvalue weighted by Crippen LogP contribution is 2.21. The summed E-state index contributed by atoms with van der Waals surface area (Å²) in [7, 11) is 1.64. The molecule has 7 nitrogen and oxygen atoms in total. The van der Waals surface area contributed by atoms with Crippen LogP contribution in [0.3, 0.4) is 0 Å². The van der Waals surface area contributed by atoms with Crippen LogP contribution in [0.1, 0.15) is 13.8 Å². The predicted octanol–water partition coefficient (Wildman–Crippen LogP) is -0.247. The Morgan fingerprint density at radius 3 is 2.55 bits per heavy atom. The fourth-order valence-electron chi connectivity index (χ4n) is 2.19. The normalized spacial score (nSPS) is 18.2. The highest BCUT2D eigenvalue weighted by atomic mass is 32.2. The second-order valence-electron chi connectivity index (χ2n) is 4.89. The van der Waals surface area contributed by atoms with Crippen LogP contribution in [-0.2, 0) is 11.8 Å². The zero-order valence-electron chi connectivity index (χ0n) is 12.1. The first-order valence-electron chi connectivity index (χ1n) is 6.82. The molecule has 1 aromatic heterocycles. The van der Waals surface area contributed by atoms with Gasteiger partial charge >= 0.3 is 5.69 Å². The van der Waals surface area contributed by atoms with E-state index < -0.39 is 0 Å². The first-order chi connectivity index (χ1) is 9.52. The molecule has 1 aliphatic heterocycles. The van der Waals surface area contributed by atoms with Crippen molar-refractivity contribution in [3.05, 3.63) is 10.5 Å². The number of H-pyrrole nitrogens is 1. The second-order valence-corrected chi connectivity index (χ2v) is 6.20. The summed E-state index contributed by atoms with van der Waals surface area (Å²) in [6, 6.07) is 0. The zero-order valence-corrected chi connectivity index (χ0v) is 12.9. The highest BCUT2D eigenvalue weighted by molar-refractivity contribution is 8.00. The lowest BCUT2D eigenvalue weighted by Gasteiger charge is -2.35. The molecule has 20 heavy (non-hydrogen) atoms. The zero-order chi connectivity index (χ0) is 14.7. The number of nitrogens with one attached hydrogen (secondary N) is 1. The molecule has 0 spiro atoms. The predicted molar refractivity (Wildman–Crippen MR) is 77.8 cm³/mol. The fraction of sp³-hybridized carbons (Fsp3) is 0.750. The maximum absolute atomic E-state index is 12.4. The number of thioether (sulfide) groups is 1. The van der Waals surface area contributed by atoms with E-state index in [1.807, 2.05) is 11.8 Å². The molecule has 1 amide bonds. The average molecular weight is 299 g/mol. The monoisotopic (exact) mass is 299 g/mol. The maximum Gasteiger partial charge on any atom is 0.343 e. The van der Waals surface area contributed by atoms with Crippen LogP contribution in [-0.4, -0.2) is 68.4 Å². The molecule has 2 rings (SSSR count). The Balaban J connectivity index is 1.92. The minimum Gasteiger partial charge on any atom is -0.339 e. The molecule has 2 heterocycles. The van der Waals surface area contributed by atoms with E-state index in [4.69, 9.17) is 0 Å². The summed E-state index contributed by atoms with van der Waals surface area (Å²) in [4.78, 5) is 27.9. The van der Waals surface area contributed by atoms with Crippen LogP contribution >= 0.6 is 11.8 Å². The number of carbonyl (C=O) groups excluding carboxylic acids is 1. The van der Waals surface area contributed by atoms with Gasteiger partial charge in [-0.25, -0.2) is 9.89 Å². The molecule has 1 saturated heterocycles. The van der Waals surface area contributed by atoms with E-state index in [-0.39, 0.29) is 16.8 Å². The molecule has 0 saturated carbocycles. The van der Waals surface area contributed by atoms with Gasteiger partial charge in [-0.1, -0.05) is 18.7 Å². The standard InChI is InChI=1S/C12H21N5O2S/c1-4-16-5-7-17(8-6-16)10(18)9(2)20-12-14-13-11(19)15(12)3/h9H,4-8H2,1-3H3,(H,13,19)/t9-/m0/s1. The molecule has 1 atom stereocenters. The number of amides is 1. The van der Waals surface area contributed by atoms with Gasteiger partial charge in [0, 0.05) is 33.2 Å². The molecule has 1 N–H and O–H groups in total. The molecule has 1 aromatic rings. The van der Waals surface area contributed by atoms with Gasteiger partial charge in [-0.3, -0.25) is 9.36 Å². The van der Waals surface area contributed by atoms with Gasteiger partial charge in [0.1, 0.15) is 0 Å². The van der Waals surface area contributed by atoms with E-state index in [9.17, 15) is 9.59 Å². The third kappa shape index (κ3) is 3.24. The van der Waals surface area contributed by atoms with Crippen LogP contribution in [0.4, 0.5) is 0 Å². The molecular formula is C12H21N5O2S. The van der Waals surface area contributed by atoms with Crippen molar-refractivity contribution in [3.63, 3.8) is 0 Å².